The van der Waals surface area contributed by atoms with Gasteiger partial charge in [-0.25, -0.2) is 4.79 Å². The smallest absolute Gasteiger partial charge is 0.320 e. The van der Waals surface area contributed by atoms with Gasteiger partial charge in [0.05, 0.1) is 12.8 Å². The van der Waals surface area contributed by atoms with Gasteiger partial charge in [-0.3, -0.25) is 4.79 Å². The average Bonchev–Trinajstić information content (AvgIpc) is 3.23. The summed E-state index contributed by atoms with van der Waals surface area (Å²) in [6, 6.07) is 23.6. The fourth-order valence-electron chi connectivity index (χ4n) is 3.87. The van der Waals surface area contributed by atoms with Crippen molar-refractivity contribution < 1.29 is 14.3 Å². The predicted octanol–water partition coefficient (Wildman–Crippen LogP) is 4.02. The SMILES string of the molecule is COc1ccccc1NC(=O)N[C@H](Cc1ccccc1)C(=O)N1CCc2ccccc21. The molecule has 3 aromatic carbocycles. The van der Waals surface area contributed by atoms with Gasteiger partial charge >= 0.3 is 6.03 Å². The van der Waals surface area contributed by atoms with Crippen molar-refractivity contribution in [1.82, 2.24) is 5.32 Å². The van der Waals surface area contributed by atoms with Crippen LogP contribution in [0.3, 0.4) is 0 Å². The van der Waals surface area contributed by atoms with Crippen LogP contribution < -0.4 is 20.3 Å². The van der Waals surface area contributed by atoms with Crippen LogP contribution >= 0.6 is 0 Å². The first-order valence-electron chi connectivity index (χ1n) is 10.3. The molecule has 2 N–H and O–H groups in total. The standard InChI is InChI=1S/C25H25N3O3/c1-31-23-14-8-6-12-20(23)26-25(30)27-21(17-18-9-3-2-4-10-18)24(29)28-16-15-19-11-5-7-13-22(19)28/h2-14,21H,15-17H2,1H3,(H2,26,27,30)/t21-/m1/s1. The van der Waals surface area contributed by atoms with E-state index in [4.69, 9.17) is 4.74 Å². The van der Waals surface area contributed by atoms with Gasteiger partial charge in [-0.05, 0) is 35.7 Å². The fourth-order valence-corrected chi connectivity index (χ4v) is 3.87. The van der Waals surface area contributed by atoms with Gasteiger partial charge in [0.1, 0.15) is 11.8 Å². The Labute approximate surface area is 181 Å². The highest BCUT2D eigenvalue weighted by atomic mass is 16.5. The Bertz CT molecular complexity index is 1070. The summed E-state index contributed by atoms with van der Waals surface area (Å²) in [5.41, 5.74) is 3.58. The third kappa shape index (κ3) is 4.69. The van der Waals surface area contributed by atoms with Crippen LogP contribution in [0.5, 0.6) is 5.75 Å². The molecule has 0 unspecified atom stereocenters. The minimum atomic E-state index is -0.705. The number of para-hydroxylation sites is 3. The number of nitrogens with zero attached hydrogens (tertiary/aromatic N) is 1. The van der Waals surface area contributed by atoms with Gasteiger partial charge < -0.3 is 20.3 Å². The van der Waals surface area contributed by atoms with Crippen LogP contribution in [0.1, 0.15) is 11.1 Å². The maximum atomic E-state index is 13.5. The van der Waals surface area contributed by atoms with Crippen molar-refractivity contribution >= 4 is 23.3 Å². The number of carbonyl (C=O) groups is 2. The highest BCUT2D eigenvalue weighted by molar-refractivity contribution is 6.02. The molecule has 1 heterocycles. The van der Waals surface area contributed by atoms with Gasteiger partial charge in [0.25, 0.3) is 0 Å². The molecule has 0 bridgehead atoms. The minimum absolute atomic E-state index is 0.121. The molecule has 0 saturated carbocycles. The van der Waals surface area contributed by atoms with Gasteiger partial charge in [0.15, 0.2) is 0 Å². The third-order valence-corrected chi connectivity index (χ3v) is 5.39. The van der Waals surface area contributed by atoms with E-state index in [1.165, 1.54) is 0 Å². The Hall–Kier alpha value is -3.80. The second-order valence-corrected chi connectivity index (χ2v) is 7.41. The van der Waals surface area contributed by atoms with E-state index < -0.39 is 12.1 Å². The van der Waals surface area contributed by atoms with E-state index >= 15 is 0 Å². The zero-order chi connectivity index (χ0) is 21.6. The minimum Gasteiger partial charge on any atom is -0.495 e. The van der Waals surface area contributed by atoms with Gasteiger partial charge in [-0.2, -0.15) is 0 Å². The Morgan fingerprint density at radius 2 is 1.68 bits per heavy atom. The molecule has 1 aliphatic heterocycles. The molecule has 31 heavy (non-hydrogen) atoms. The van der Waals surface area contributed by atoms with Gasteiger partial charge in [-0.15, -0.1) is 0 Å². The maximum absolute atomic E-state index is 13.5. The molecular formula is C25H25N3O3. The molecular weight excluding hydrogens is 390 g/mol. The topological polar surface area (TPSA) is 70.7 Å². The van der Waals surface area contributed by atoms with Crippen LogP contribution in [0, 0.1) is 0 Å². The molecule has 0 aliphatic carbocycles. The summed E-state index contributed by atoms with van der Waals surface area (Å²) in [5.74, 6) is 0.432. The lowest BCUT2D eigenvalue weighted by Gasteiger charge is -2.25. The first kappa shape index (κ1) is 20.5. The van der Waals surface area contributed by atoms with Crippen LogP contribution in [-0.2, 0) is 17.6 Å². The summed E-state index contributed by atoms with van der Waals surface area (Å²) in [6.07, 6.45) is 1.21. The number of amides is 3. The fraction of sp³-hybridized carbons (Fsp3) is 0.200. The summed E-state index contributed by atoms with van der Waals surface area (Å²) in [6.45, 7) is 0.610. The van der Waals surface area contributed by atoms with Crippen molar-refractivity contribution in [3.05, 3.63) is 90.0 Å². The van der Waals surface area contributed by atoms with Crippen molar-refractivity contribution in [3.63, 3.8) is 0 Å². The number of benzene rings is 3. The zero-order valence-electron chi connectivity index (χ0n) is 17.4. The van der Waals surface area contributed by atoms with E-state index in [1.54, 1.807) is 24.1 Å². The number of ether oxygens (including phenoxy) is 1. The highest BCUT2D eigenvalue weighted by Gasteiger charge is 2.31. The largest absolute Gasteiger partial charge is 0.495 e. The predicted molar refractivity (Wildman–Crippen MR) is 122 cm³/mol. The first-order valence-corrected chi connectivity index (χ1v) is 10.3. The molecule has 6 heteroatoms. The number of rotatable bonds is 6. The van der Waals surface area contributed by atoms with Gasteiger partial charge in [0, 0.05) is 18.7 Å². The molecule has 0 fully saturated rings. The number of carbonyl (C=O) groups excluding carboxylic acids is 2. The second kappa shape index (κ2) is 9.34. The van der Waals surface area contributed by atoms with Gasteiger partial charge in [-0.1, -0.05) is 60.7 Å². The van der Waals surface area contributed by atoms with E-state index in [2.05, 4.69) is 10.6 Å². The molecule has 6 nitrogen and oxygen atoms in total. The molecule has 1 aliphatic rings. The summed E-state index contributed by atoms with van der Waals surface area (Å²) in [7, 11) is 1.55. The third-order valence-electron chi connectivity index (χ3n) is 5.39. The molecule has 158 valence electrons. The molecule has 0 spiro atoms. The van der Waals surface area contributed by atoms with Gasteiger partial charge in [0.2, 0.25) is 5.91 Å². The number of anilines is 2. The lowest BCUT2D eigenvalue weighted by Crippen LogP contribution is -2.50. The van der Waals surface area contributed by atoms with Crippen molar-refractivity contribution in [1.29, 1.82) is 0 Å². The lowest BCUT2D eigenvalue weighted by molar-refractivity contribution is -0.120. The van der Waals surface area contributed by atoms with Crippen molar-refractivity contribution in [2.75, 3.05) is 23.9 Å². The number of methoxy groups -OCH3 is 1. The summed E-state index contributed by atoms with van der Waals surface area (Å²) < 4.78 is 5.30. The lowest BCUT2D eigenvalue weighted by atomic mass is 10.0. The molecule has 4 rings (SSSR count). The van der Waals surface area contributed by atoms with E-state index in [1.807, 2.05) is 66.7 Å². The van der Waals surface area contributed by atoms with Crippen LogP contribution in [0.4, 0.5) is 16.2 Å². The molecule has 0 saturated heterocycles. The monoisotopic (exact) mass is 415 g/mol. The molecule has 0 aromatic heterocycles. The van der Waals surface area contributed by atoms with Crippen molar-refractivity contribution in [3.8, 4) is 5.75 Å². The summed E-state index contributed by atoms with van der Waals surface area (Å²) >= 11 is 0. The maximum Gasteiger partial charge on any atom is 0.320 e. The Morgan fingerprint density at radius 3 is 2.48 bits per heavy atom. The Morgan fingerprint density at radius 1 is 0.968 bits per heavy atom. The van der Waals surface area contributed by atoms with E-state index in [0.717, 1.165) is 23.2 Å². The average molecular weight is 415 g/mol. The molecule has 3 aromatic rings. The number of hydrogen-bond acceptors (Lipinski definition) is 3. The molecule has 0 radical (unpaired) electrons. The van der Waals surface area contributed by atoms with Crippen LogP contribution in [0.15, 0.2) is 78.9 Å². The Balaban J connectivity index is 1.54. The van der Waals surface area contributed by atoms with Crippen molar-refractivity contribution in [2.24, 2.45) is 0 Å². The quantitative estimate of drug-likeness (QED) is 0.639. The van der Waals surface area contributed by atoms with Crippen molar-refractivity contribution in [2.45, 2.75) is 18.9 Å². The second-order valence-electron chi connectivity index (χ2n) is 7.41. The molecule has 1 atom stereocenters. The number of urea groups is 1. The number of nitrogens with one attached hydrogen (secondary N) is 2. The normalized spacial score (nSPS) is 13.3. The zero-order valence-corrected chi connectivity index (χ0v) is 17.4. The van der Waals surface area contributed by atoms with E-state index in [0.29, 0.717) is 24.4 Å². The highest BCUT2D eigenvalue weighted by Crippen LogP contribution is 2.28. The number of fused-ring (bicyclic) bond motifs is 1. The van der Waals surface area contributed by atoms with Crippen LogP contribution in [-0.4, -0.2) is 31.6 Å². The van der Waals surface area contributed by atoms with E-state index in [9.17, 15) is 9.59 Å². The summed E-state index contributed by atoms with van der Waals surface area (Å²) in [4.78, 5) is 28.1. The number of hydrogen-bond donors (Lipinski definition) is 2. The van der Waals surface area contributed by atoms with Crippen LogP contribution in [0.2, 0.25) is 0 Å². The van der Waals surface area contributed by atoms with Crippen LogP contribution in [0.25, 0.3) is 0 Å². The molecule has 3 amide bonds. The summed E-state index contributed by atoms with van der Waals surface area (Å²) in [5, 5.41) is 5.67. The Kier molecular flexibility index (Phi) is 6.17. The first-order chi connectivity index (χ1) is 15.2. The van der Waals surface area contributed by atoms with E-state index in [-0.39, 0.29) is 5.91 Å².